The molecule has 0 radical (unpaired) electrons. The number of carbonyl (C=O) groups excluding carboxylic acids is 1. The number of anilines is 1. The Morgan fingerprint density at radius 1 is 1.25 bits per heavy atom. The van der Waals surface area contributed by atoms with E-state index in [1.807, 2.05) is 43.3 Å². The van der Waals surface area contributed by atoms with E-state index in [-0.39, 0.29) is 11.2 Å². The van der Waals surface area contributed by atoms with E-state index in [4.69, 9.17) is 4.98 Å². The third-order valence-electron chi connectivity index (χ3n) is 5.77. The molecule has 1 heterocycles. The summed E-state index contributed by atoms with van der Waals surface area (Å²) in [5.41, 5.74) is 4.89. The Bertz CT molecular complexity index is 1140. The molecule has 162 valence electrons. The molecule has 6 heteroatoms. The molecule has 1 aromatic heterocycles. The first-order valence-electron chi connectivity index (χ1n) is 10.8. The minimum Gasteiger partial charge on any atom is -0.325 e. The first kappa shape index (κ1) is 22.8. The molecule has 0 bridgehead atoms. The minimum absolute atomic E-state index is 0.0636. The number of amides is 1. The van der Waals surface area contributed by atoms with Crippen LogP contribution < -0.4 is 5.32 Å². The van der Waals surface area contributed by atoms with Gasteiger partial charge in [-0.15, -0.1) is 0 Å². The molecule has 1 aliphatic rings. The zero-order valence-corrected chi connectivity index (χ0v) is 20.8. The predicted octanol–water partition coefficient (Wildman–Crippen LogP) is 6.34. The van der Waals surface area contributed by atoms with Gasteiger partial charge in [-0.2, -0.15) is 5.26 Å². The van der Waals surface area contributed by atoms with Crippen LogP contribution in [0.1, 0.15) is 48.1 Å². The maximum Gasteiger partial charge on any atom is 0.237 e. The molecule has 2 atom stereocenters. The number of aryl methyl sites for hydroxylation is 1. The van der Waals surface area contributed by atoms with Crippen LogP contribution in [0, 0.1) is 14.9 Å². The quantitative estimate of drug-likeness (QED) is 0.286. The molecule has 0 spiro atoms. The lowest BCUT2D eigenvalue weighted by atomic mass is 9.82. The summed E-state index contributed by atoms with van der Waals surface area (Å²) < 4.78 is 1.12. The van der Waals surface area contributed by atoms with Crippen molar-refractivity contribution in [1.29, 1.82) is 5.26 Å². The van der Waals surface area contributed by atoms with Crippen LogP contribution in [0.4, 0.5) is 5.69 Å². The number of nitrogens with zero attached hydrogens (tertiary/aromatic N) is 2. The molecule has 0 aliphatic heterocycles. The van der Waals surface area contributed by atoms with Crippen molar-refractivity contribution in [1.82, 2.24) is 4.98 Å². The molecule has 1 amide bonds. The van der Waals surface area contributed by atoms with Crippen molar-refractivity contribution in [3.05, 3.63) is 86.6 Å². The van der Waals surface area contributed by atoms with Crippen LogP contribution >= 0.6 is 34.4 Å². The lowest BCUT2D eigenvalue weighted by Crippen LogP contribution is -2.25. The number of fused-ring (bicyclic) bond motifs is 1. The minimum atomic E-state index is -0.312. The number of hydrogen-bond acceptors (Lipinski definition) is 4. The number of aromatic nitrogens is 1. The first-order valence-corrected chi connectivity index (χ1v) is 12.7. The zero-order chi connectivity index (χ0) is 22.5. The highest BCUT2D eigenvalue weighted by Crippen LogP contribution is 2.35. The molecular formula is C26H24IN3OS. The Morgan fingerprint density at radius 2 is 2.00 bits per heavy atom. The van der Waals surface area contributed by atoms with Crippen molar-refractivity contribution < 1.29 is 4.79 Å². The Morgan fingerprint density at radius 3 is 2.69 bits per heavy atom. The normalized spacial score (nSPS) is 16.0. The largest absolute Gasteiger partial charge is 0.325 e. The highest BCUT2D eigenvalue weighted by molar-refractivity contribution is 14.1. The number of pyridine rings is 1. The van der Waals surface area contributed by atoms with Gasteiger partial charge >= 0.3 is 0 Å². The summed E-state index contributed by atoms with van der Waals surface area (Å²) >= 11 is 3.63. The van der Waals surface area contributed by atoms with E-state index in [2.05, 4.69) is 58.2 Å². The van der Waals surface area contributed by atoms with Gasteiger partial charge in [0.2, 0.25) is 5.91 Å². The van der Waals surface area contributed by atoms with Crippen molar-refractivity contribution in [3.8, 4) is 6.07 Å². The Labute approximate surface area is 207 Å². The number of halogens is 1. The molecule has 0 fully saturated rings. The second-order valence-corrected chi connectivity index (χ2v) is 10.4. The lowest BCUT2D eigenvalue weighted by Gasteiger charge is -2.25. The molecule has 32 heavy (non-hydrogen) atoms. The van der Waals surface area contributed by atoms with E-state index in [0.29, 0.717) is 22.9 Å². The summed E-state index contributed by atoms with van der Waals surface area (Å²) in [6.45, 7) is 1.99. The van der Waals surface area contributed by atoms with Crippen LogP contribution in [0.15, 0.2) is 65.7 Å². The molecule has 0 saturated heterocycles. The number of nitrogens with one attached hydrogen (secondary N) is 1. The summed E-state index contributed by atoms with van der Waals surface area (Å²) in [5, 5.41) is 13.1. The van der Waals surface area contributed by atoms with E-state index in [1.54, 1.807) is 0 Å². The fourth-order valence-corrected chi connectivity index (χ4v) is 5.39. The second-order valence-electron chi connectivity index (χ2n) is 7.92. The standard InChI is InChI=1S/C26H24IN3OS/c1-2-24(25(31)29-22-11-9-21(27)10-12-22)32-26-20(16-28)15-19-14-18(8-13-23(19)30-26)17-6-4-3-5-7-17/h3-7,9-12,15,18,24H,2,8,13-14H2,1H3,(H,29,31). The fraction of sp³-hybridized carbons (Fsp3) is 0.269. The van der Waals surface area contributed by atoms with Crippen LogP contribution in [-0.2, 0) is 17.6 Å². The van der Waals surface area contributed by atoms with Gasteiger partial charge in [-0.25, -0.2) is 4.98 Å². The highest BCUT2D eigenvalue weighted by atomic mass is 127. The SMILES string of the molecule is CCC(Sc1nc2c(cc1C#N)CC(c1ccccc1)CC2)C(=O)Nc1ccc(I)cc1. The third kappa shape index (κ3) is 5.33. The molecule has 4 nitrogen and oxygen atoms in total. The maximum atomic E-state index is 12.9. The van der Waals surface area contributed by atoms with Crippen molar-refractivity contribution in [2.75, 3.05) is 5.32 Å². The number of rotatable bonds is 6. The summed E-state index contributed by atoms with van der Waals surface area (Å²) in [4.78, 5) is 17.7. The summed E-state index contributed by atoms with van der Waals surface area (Å²) in [6, 6.07) is 22.6. The first-order chi connectivity index (χ1) is 15.6. The smallest absolute Gasteiger partial charge is 0.237 e. The number of benzene rings is 2. The van der Waals surface area contributed by atoms with E-state index < -0.39 is 0 Å². The average Bonchev–Trinajstić information content (AvgIpc) is 2.83. The van der Waals surface area contributed by atoms with Gasteiger partial charge in [0, 0.05) is 15.0 Å². The van der Waals surface area contributed by atoms with E-state index in [0.717, 1.165) is 39.8 Å². The summed E-state index contributed by atoms with van der Waals surface area (Å²) in [5.74, 6) is 0.393. The summed E-state index contributed by atoms with van der Waals surface area (Å²) in [7, 11) is 0. The fourth-order valence-electron chi connectivity index (χ4n) is 4.04. The molecule has 0 saturated carbocycles. The van der Waals surface area contributed by atoms with Gasteiger partial charge in [-0.3, -0.25) is 4.79 Å². The lowest BCUT2D eigenvalue weighted by molar-refractivity contribution is -0.115. The second kappa shape index (κ2) is 10.5. The third-order valence-corrected chi connectivity index (χ3v) is 7.86. The predicted molar refractivity (Wildman–Crippen MR) is 138 cm³/mol. The number of carbonyl (C=O) groups is 1. The van der Waals surface area contributed by atoms with Gasteiger partial charge in [0.15, 0.2) is 0 Å². The summed E-state index contributed by atoms with van der Waals surface area (Å²) in [6.07, 6.45) is 3.49. The number of thioether (sulfide) groups is 1. The molecular weight excluding hydrogens is 529 g/mol. The maximum absolute atomic E-state index is 12.9. The van der Waals surface area contributed by atoms with Crippen LogP contribution in [0.5, 0.6) is 0 Å². The monoisotopic (exact) mass is 553 g/mol. The Hall–Kier alpha value is -2.37. The number of nitriles is 1. The molecule has 4 rings (SSSR count). The van der Waals surface area contributed by atoms with Crippen LogP contribution in [0.3, 0.4) is 0 Å². The van der Waals surface area contributed by atoms with Gasteiger partial charge in [-0.1, -0.05) is 49.0 Å². The van der Waals surface area contributed by atoms with Gasteiger partial charge in [0.25, 0.3) is 0 Å². The van der Waals surface area contributed by atoms with Crippen molar-refractivity contribution in [2.24, 2.45) is 0 Å². The molecule has 2 aromatic carbocycles. The van der Waals surface area contributed by atoms with E-state index in [9.17, 15) is 10.1 Å². The van der Waals surface area contributed by atoms with Gasteiger partial charge < -0.3 is 5.32 Å². The molecule has 1 N–H and O–H groups in total. The van der Waals surface area contributed by atoms with Crippen molar-refractivity contribution >= 4 is 45.9 Å². The van der Waals surface area contributed by atoms with Crippen LogP contribution in [0.2, 0.25) is 0 Å². The Balaban J connectivity index is 1.51. The van der Waals surface area contributed by atoms with Crippen molar-refractivity contribution in [2.45, 2.75) is 48.8 Å². The molecule has 3 aromatic rings. The average molecular weight is 553 g/mol. The Kier molecular flexibility index (Phi) is 7.48. The van der Waals surface area contributed by atoms with Crippen LogP contribution in [0.25, 0.3) is 0 Å². The molecule has 1 aliphatic carbocycles. The van der Waals surface area contributed by atoms with Gasteiger partial charge in [0.05, 0.1) is 10.8 Å². The molecule has 2 unspecified atom stereocenters. The van der Waals surface area contributed by atoms with Gasteiger partial charge in [-0.05, 0) is 95.7 Å². The topological polar surface area (TPSA) is 65.8 Å². The van der Waals surface area contributed by atoms with Crippen molar-refractivity contribution in [3.63, 3.8) is 0 Å². The van der Waals surface area contributed by atoms with E-state index in [1.165, 1.54) is 17.3 Å². The highest BCUT2D eigenvalue weighted by Gasteiger charge is 2.25. The zero-order valence-electron chi connectivity index (χ0n) is 17.8. The van der Waals surface area contributed by atoms with Crippen LogP contribution in [-0.4, -0.2) is 16.1 Å². The number of hydrogen-bond donors (Lipinski definition) is 1. The van der Waals surface area contributed by atoms with E-state index >= 15 is 0 Å². The van der Waals surface area contributed by atoms with Gasteiger partial charge in [0.1, 0.15) is 11.1 Å².